The number of ether oxygens (including phenoxy) is 1. The minimum atomic E-state index is -3.64. The van der Waals surface area contributed by atoms with E-state index in [1.165, 1.54) is 10.4 Å². The highest BCUT2D eigenvalue weighted by molar-refractivity contribution is 7.89. The summed E-state index contributed by atoms with van der Waals surface area (Å²) in [6.07, 6.45) is 6.16. The predicted molar refractivity (Wildman–Crippen MR) is 107 cm³/mol. The standard InChI is InChI=1S/C20H28N2O5S/c1-4-22(5-2)28(25,26)18-13-17(12-11-15(18)3)21-19(23)14-27-20(24)16-9-7-6-8-10-16/h6-7,11-13,16H,4-5,8-10,14H2,1-3H3,(H,21,23)/t16-/m1/s1. The SMILES string of the molecule is CCN(CC)S(=O)(=O)c1cc(NC(=O)COC(=O)[C@@H]2CC=CCC2)ccc1C. The number of rotatable bonds is 8. The molecule has 1 atom stereocenters. The fourth-order valence-electron chi connectivity index (χ4n) is 3.12. The van der Waals surface area contributed by atoms with Crippen LogP contribution in [0.3, 0.4) is 0 Å². The maximum absolute atomic E-state index is 12.8. The summed E-state index contributed by atoms with van der Waals surface area (Å²) >= 11 is 0. The van der Waals surface area contributed by atoms with Crippen LogP contribution in [0, 0.1) is 12.8 Å². The lowest BCUT2D eigenvalue weighted by Crippen LogP contribution is -2.31. The normalized spacial score (nSPS) is 16.8. The smallest absolute Gasteiger partial charge is 0.309 e. The van der Waals surface area contributed by atoms with Gasteiger partial charge in [0.15, 0.2) is 6.61 Å². The van der Waals surface area contributed by atoms with Crippen LogP contribution in [0.4, 0.5) is 5.69 Å². The Morgan fingerprint density at radius 2 is 1.93 bits per heavy atom. The van der Waals surface area contributed by atoms with Gasteiger partial charge in [0.25, 0.3) is 5.91 Å². The Balaban J connectivity index is 2.03. The largest absolute Gasteiger partial charge is 0.455 e. The number of sulfonamides is 1. The van der Waals surface area contributed by atoms with Crippen LogP contribution in [0.25, 0.3) is 0 Å². The van der Waals surface area contributed by atoms with Crippen molar-refractivity contribution >= 4 is 27.6 Å². The highest BCUT2D eigenvalue weighted by atomic mass is 32.2. The molecule has 1 aliphatic rings. The number of hydrogen-bond acceptors (Lipinski definition) is 5. The number of nitrogens with one attached hydrogen (secondary N) is 1. The minimum absolute atomic E-state index is 0.153. The van der Waals surface area contributed by atoms with E-state index in [0.717, 1.165) is 12.8 Å². The number of aryl methyl sites for hydroxylation is 1. The topological polar surface area (TPSA) is 92.8 Å². The molecule has 0 bridgehead atoms. The number of carbonyl (C=O) groups excluding carboxylic acids is 2. The molecule has 1 aliphatic carbocycles. The van der Waals surface area contributed by atoms with Crippen LogP contribution in [0.5, 0.6) is 0 Å². The molecular weight excluding hydrogens is 380 g/mol. The highest BCUT2D eigenvalue weighted by Crippen LogP contribution is 2.24. The van der Waals surface area contributed by atoms with Gasteiger partial charge in [0.1, 0.15) is 0 Å². The second kappa shape index (κ2) is 9.84. The van der Waals surface area contributed by atoms with Gasteiger partial charge in [-0.05, 0) is 43.9 Å². The monoisotopic (exact) mass is 408 g/mol. The number of anilines is 1. The average Bonchev–Trinajstić information content (AvgIpc) is 2.69. The summed E-state index contributed by atoms with van der Waals surface area (Å²) in [5.41, 5.74) is 0.944. The molecule has 0 aromatic heterocycles. The van der Waals surface area contributed by atoms with E-state index >= 15 is 0 Å². The van der Waals surface area contributed by atoms with Crippen LogP contribution < -0.4 is 5.32 Å². The third-order valence-electron chi connectivity index (χ3n) is 4.74. The molecule has 1 aromatic carbocycles. The van der Waals surface area contributed by atoms with Crippen molar-refractivity contribution in [3.63, 3.8) is 0 Å². The van der Waals surface area contributed by atoms with Crippen molar-refractivity contribution in [2.45, 2.75) is 44.9 Å². The van der Waals surface area contributed by atoms with Crippen molar-refractivity contribution in [2.75, 3.05) is 25.0 Å². The zero-order chi connectivity index (χ0) is 20.7. The summed E-state index contributed by atoms with van der Waals surface area (Å²) in [7, 11) is -3.64. The van der Waals surface area contributed by atoms with Crippen LogP contribution >= 0.6 is 0 Å². The van der Waals surface area contributed by atoms with Gasteiger partial charge >= 0.3 is 5.97 Å². The molecule has 8 heteroatoms. The first-order chi connectivity index (χ1) is 13.3. The zero-order valence-electron chi connectivity index (χ0n) is 16.6. The van der Waals surface area contributed by atoms with Crippen LogP contribution in [-0.2, 0) is 24.3 Å². The predicted octanol–water partition coefficient (Wildman–Crippen LogP) is 2.86. The Morgan fingerprint density at radius 1 is 1.21 bits per heavy atom. The summed E-state index contributed by atoms with van der Waals surface area (Å²) in [6.45, 7) is 5.59. The minimum Gasteiger partial charge on any atom is -0.455 e. The lowest BCUT2D eigenvalue weighted by atomic mass is 9.95. The van der Waals surface area contributed by atoms with Gasteiger partial charge in [0, 0.05) is 18.8 Å². The Kier molecular flexibility index (Phi) is 7.77. The Hall–Kier alpha value is -2.19. The van der Waals surface area contributed by atoms with Gasteiger partial charge in [-0.2, -0.15) is 4.31 Å². The number of hydrogen-bond donors (Lipinski definition) is 1. The maximum Gasteiger partial charge on any atom is 0.309 e. The van der Waals surface area contributed by atoms with E-state index in [1.807, 2.05) is 12.2 Å². The van der Waals surface area contributed by atoms with Gasteiger partial charge in [-0.3, -0.25) is 9.59 Å². The van der Waals surface area contributed by atoms with Gasteiger partial charge in [0.05, 0.1) is 10.8 Å². The number of amides is 1. The number of carbonyl (C=O) groups is 2. The molecule has 7 nitrogen and oxygen atoms in total. The molecule has 0 radical (unpaired) electrons. The number of nitrogens with zero attached hydrogens (tertiary/aromatic N) is 1. The molecule has 28 heavy (non-hydrogen) atoms. The van der Waals surface area contributed by atoms with Gasteiger partial charge in [-0.15, -0.1) is 0 Å². The Labute approximate surface area is 166 Å². The van der Waals surface area contributed by atoms with Crippen LogP contribution in [0.1, 0.15) is 38.7 Å². The molecule has 0 spiro atoms. The Bertz CT molecular complexity index is 844. The fourth-order valence-corrected chi connectivity index (χ4v) is 4.83. The quantitative estimate of drug-likeness (QED) is 0.527. The summed E-state index contributed by atoms with van der Waals surface area (Å²) < 4.78 is 32.0. The fraction of sp³-hybridized carbons (Fsp3) is 0.500. The van der Waals surface area contributed by atoms with Crippen LogP contribution in [-0.4, -0.2) is 44.3 Å². The summed E-state index contributed by atoms with van der Waals surface area (Å²) in [4.78, 5) is 24.3. The third-order valence-corrected chi connectivity index (χ3v) is 6.93. The molecule has 0 aliphatic heterocycles. The van der Waals surface area contributed by atoms with Crippen molar-refractivity contribution in [3.8, 4) is 0 Å². The molecule has 1 N–H and O–H groups in total. The van der Waals surface area contributed by atoms with Gasteiger partial charge < -0.3 is 10.1 Å². The van der Waals surface area contributed by atoms with Crippen molar-refractivity contribution < 1.29 is 22.7 Å². The van der Waals surface area contributed by atoms with Crippen molar-refractivity contribution in [3.05, 3.63) is 35.9 Å². The lowest BCUT2D eigenvalue weighted by molar-refractivity contribution is -0.151. The molecule has 0 heterocycles. The molecule has 0 fully saturated rings. The second-order valence-corrected chi connectivity index (χ2v) is 8.61. The first kappa shape index (κ1) is 22.1. The van der Waals surface area contributed by atoms with E-state index < -0.39 is 22.5 Å². The van der Waals surface area contributed by atoms with E-state index in [4.69, 9.17) is 4.74 Å². The van der Waals surface area contributed by atoms with Crippen molar-refractivity contribution in [1.82, 2.24) is 4.31 Å². The lowest BCUT2D eigenvalue weighted by Gasteiger charge is -2.20. The van der Waals surface area contributed by atoms with Gasteiger partial charge in [0.2, 0.25) is 10.0 Å². The molecular formula is C20H28N2O5S. The van der Waals surface area contributed by atoms with Gasteiger partial charge in [-0.25, -0.2) is 8.42 Å². The first-order valence-electron chi connectivity index (χ1n) is 9.51. The van der Waals surface area contributed by atoms with Crippen LogP contribution in [0.15, 0.2) is 35.2 Å². The van der Waals surface area contributed by atoms with E-state index in [0.29, 0.717) is 30.8 Å². The molecule has 2 rings (SSSR count). The highest BCUT2D eigenvalue weighted by Gasteiger charge is 2.24. The van der Waals surface area contributed by atoms with Crippen molar-refractivity contribution in [2.24, 2.45) is 5.92 Å². The third kappa shape index (κ3) is 5.42. The van der Waals surface area contributed by atoms with E-state index in [1.54, 1.807) is 32.9 Å². The average molecular weight is 409 g/mol. The Morgan fingerprint density at radius 3 is 2.54 bits per heavy atom. The molecule has 0 saturated carbocycles. The first-order valence-corrected chi connectivity index (χ1v) is 11.0. The van der Waals surface area contributed by atoms with E-state index in [9.17, 15) is 18.0 Å². The zero-order valence-corrected chi connectivity index (χ0v) is 17.4. The number of esters is 1. The second-order valence-electron chi connectivity index (χ2n) is 6.71. The van der Waals surface area contributed by atoms with Gasteiger partial charge in [-0.1, -0.05) is 32.1 Å². The van der Waals surface area contributed by atoms with Crippen LogP contribution in [0.2, 0.25) is 0 Å². The molecule has 1 aromatic rings. The molecule has 1 amide bonds. The van der Waals surface area contributed by atoms with Crippen molar-refractivity contribution in [1.29, 1.82) is 0 Å². The number of benzene rings is 1. The molecule has 154 valence electrons. The molecule has 0 saturated heterocycles. The molecule has 0 unspecified atom stereocenters. The summed E-state index contributed by atoms with van der Waals surface area (Å²) in [6, 6.07) is 4.71. The summed E-state index contributed by atoms with van der Waals surface area (Å²) in [5.74, 6) is -1.09. The maximum atomic E-state index is 12.8. The summed E-state index contributed by atoms with van der Waals surface area (Å²) in [5, 5.41) is 2.60. The van der Waals surface area contributed by atoms with E-state index in [2.05, 4.69) is 5.32 Å². The van der Waals surface area contributed by atoms with E-state index in [-0.39, 0.29) is 16.8 Å². The number of allylic oxidation sites excluding steroid dienone is 2.